The van der Waals surface area contributed by atoms with E-state index in [0.29, 0.717) is 29.1 Å². The molecule has 10 heteroatoms. The Kier molecular flexibility index (Phi) is 8.09. The first-order chi connectivity index (χ1) is 15.9. The van der Waals surface area contributed by atoms with Gasteiger partial charge in [0, 0.05) is 17.5 Å². The highest BCUT2D eigenvalue weighted by molar-refractivity contribution is 7.80. The van der Waals surface area contributed by atoms with Gasteiger partial charge in [0.1, 0.15) is 17.3 Å². The number of aryl methyl sites for hydroxylation is 2. The third-order valence-corrected chi connectivity index (χ3v) is 4.64. The van der Waals surface area contributed by atoms with Gasteiger partial charge in [-0.05, 0) is 62.0 Å². The SMILES string of the molecule is COc1ccc(NC(=S)NC(=NCc2ccc(F)cc2)Nc2nc(C)cc(C)n2)c(OC)c1. The maximum absolute atomic E-state index is 13.2. The molecule has 0 bridgehead atoms. The molecule has 2 aromatic carbocycles. The molecule has 0 amide bonds. The Balaban J connectivity index is 1.79. The Morgan fingerprint density at radius 2 is 1.67 bits per heavy atom. The molecule has 172 valence electrons. The molecule has 0 aliphatic heterocycles. The maximum Gasteiger partial charge on any atom is 0.229 e. The number of hydrogen-bond acceptors (Lipinski definition) is 6. The molecule has 0 aliphatic rings. The molecule has 0 fully saturated rings. The number of halogens is 1. The van der Waals surface area contributed by atoms with Gasteiger partial charge in [-0.1, -0.05) is 12.1 Å². The summed E-state index contributed by atoms with van der Waals surface area (Å²) in [6.45, 7) is 4.05. The van der Waals surface area contributed by atoms with E-state index in [0.717, 1.165) is 17.0 Å². The predicted octanol–water partition coefficient (Wildman–Crippen LogP) is 4.20. The van der Waals surface area contributed by atoms with Crippen molar-refractivity contribution in [2.24, 2.45) is 4.99 Å². The van der Waals surface area contributed by atoms with Crippen molar-refractivity contribution in [3.8, 4) is 11.5 Å². The van der Waals surface area contributed by atoms with Crippen molar-refractivity contribution in [1.82, 2.24) is 15.3 Å². The van der Waals surface area contributed by atoms with Gasteiger partial charge in [-0.15, -0.1) is 0 Å². The van der Waals surface area contributed by atoms with Crippen LogP contribution in [0.1, 0.15) is 17.0 Å². The van der Waals surface area contributed by atoms with E-state index >= 15 is 0 Å². The molecule has 1 heterocycles. The van der Waals surface area contributed by atoms with E-state index in [1.54, 1.807) is 44.6 Å². The monoisotopic (exact) mass is 468 g/mol. The number of ether oxygens (including phenoxy) is 2. The van der Waals surface area contributed by atoms with E-state index in [-0.39, 0.29) is 17.5 Å². The van der Waals surface area contributed by atoms with Gasteiger partial charge in [-0.2, -0.15) is 0 Å². The summed E-state index contributed by atoms with van der Waals surface area (Å²) >= 11 is 5.48. The second-order valence-corrected chi connectivity index (χ2v) is 7.44. The van der Waals surface area contributed by atoms with E-state index in [2.05, 4.69) is 30.9 Å². The predicted molar refractivity (Wildman–Crippen MR) is 132 cm³/mol. The molecule has 0 atom stereocenters. The molecule has 0 unspecified atom stereocenters. The topological polar surface area (TPSA) is 92.7 Å². The highest BCUT2D eigenvalue weighted by Crippen LogP contribution is 2.28. The fourth-order valence-electron chi connectivity index (χ4n) is 2.92. The smallest absolute Gasteiger partial charge is 0.229 e. The van der Waals surface area contributed by atoms with Crippen LogP contribution < -0.4 is 25.4 Å². The zero-order chi connectivity index (χ0) is 23.8. The zero-order valence-corrected chi connectivity index (χ0v) is 19.6. The average molecular weight is 469 g/mol. The molecule has 0 spiro atoms. The summed E-state index contributed by atoms with van der Waals surface area (Å²) in [5, 5.41) is 9.46. The minimum absolute atomic E-state index is 0.271. The summed E-state index contributed by atoms with van der Waals surface area (Å²) in [4.78, 5) is 13.3. The van der Waals surface area contributed by atoms with E-state index in [1.807, 2.05) is 19.9 Å². The molecule has 3 aromatic rings. The number of hydrogen-bond donors (Lipinski definition) is 3. The molecule has 1 aromatic heterocycles. The maximum atomic E-state index is 13.2. The fourth-order valence-corrected chi connectivity index (χ4v) is 3.13. The minimum atomic E-state index is -0.304. The second-order valence-electron chi connectivity index (χ2n) is 7.04. The molecule has 3 rings (SSSR count). The lowest BCUT2D eigenvalue weighted by atomic mass is 10.2. The quantitative estimate of drug-likeness (QED) is 0.282. The van der Waals surface area contributed by atoms with Gasteiger partial charge in [-0.25, -0.2) is 19.4 Å². The number of aliphatic imine (C=N–C) groups is 1. The first-order valence-corrected chi connectivity index (χ1v) is 10.5. The minimum Gasteiger partial charge on any atom is -0.497 e. The number of guanidine groups is 1. The lowest BCUT2D eigenvalue weighted by molar-refractivity contribution is 0.395. The molecular formula is C23H25FN6O2S. The summed E-state index contributed by atoms with van der Waals surface area (Å²) in [6, 6.07) is 13.3. The Morgan fingerprint density at radius 1 is 0.970 bits per heavy atom. The summed E-state index contributed by atoms with van der Waals surface area (Å²) in [7, 11) is 3.14. The zero-order valence-electron chi connectivity index (χ0n) is 18.8. The van der Waals surface area contributed by atoms with Gasteiger partial charge in [0.15, 0.2) is 5.11 Å². The largest absolute Gasteiger partial charge is 0.497 e. The number of rotatable bonds is 6. The number of nitrogens with one attached hydrogen (secondary N) is 3. The van der Waals surface area contributed by atoms with Crippen LogP contribution in [0.3, 0.4) is 0 Å². The Morgan fingerprint density at radius 3 is 2.30 bits per heavy atom. The third-order valence-electron chi connectivity index (χ3n) is 4.43. The van der Waals surface area contributed by atoms with Crippen molar-refractivity contribution in [2.45, 2.75) is 20.4 Å². The van der Waals surface area contributed by atoms with Gasteiger partial charge < -0.3 is 20.1 Å². The van der Waals surface area contributed by atoms with Gasteiger partial charge in [0.2, 0.25) is 11.9 Å². The second kappa shape index (κ2) is 11.2. The number of aromatic nitrogens is 2. The Hall–Kier alpha value is -3.79. The van der Waals surface area contributed by atoms with E-state index < -0.39 is 0 Å². The molecular weight excluding hydrogens is 443 g/mol. The molecule has 0 radical (unpaired) electrons. The first kappa shape index (κ1) is 23.9. The van der Waals surface area contributed by atoms with Crippen molar-refractivity contribution in [3.63, 3.8) is 0 Å². The summed E-state index contributed by atoms with van der Waals surface area (Å²) in [6.07, 6.45) is 0. The van der Waals surface area contributed by atoms with Crippen molar-refractivity contribution in [2.75, 3.05) is 24.9 Å². The van der Waals surface area contributed by atoms with Gasteiger partial charge in [0.05, 0.1) is 26.5 Å². The van der Waals surface area contributed by atoms with Crippen LogP contribution in [0.5, 0.6) is 11.5 Å². The van der Waals surface area contributed by atoms with Crippen molar-refractivity contribution < 1.29 is 13.9 Å². The van der Waals surface area contributed by atoms with Gasteiger partial charge >= 0.3 is 0 Å². The summed E-state index contributed by atoms with van der Waals surface area (Å²) in [5.74, 6) is 1.62. The van der Waals surface area contributed by atoms with Crippen LogP contribution in [0.15, 0.2) is 53.5 Å². The number of nitrogens with zero attached hydrogens (tertiary/aromatic N) is 3. The van der Waals surface area contributed by atoms with E-state index in [9.17, 15) is 4.39 Å². The molecule has 0 saturated carbocycles. The van der Waals surface area contributed by atoms with E-state index in [1.165, 1.54) is 12.1 Å². The van der Waals surface area contributed by atoms with Gasteiger partial charge in [-0.3, -0.25) is 5.32 Å². The number of anilines is 2. The molecule has 0 saturated heterocycles. The molecule has 33 heavy (non-hydrogen) atoms. The van der Waals surface area contributed by atoms with Crippen molar-refractivity contribution in [1.29, 1.82) is 0 Å². The molecule has 8 nitrogen and oxygen atoms in total. The molecule has 0 aliphatic carbocycles. The lowest BCUT2D eigenvalue weighted by Crippen LogP contribution is -2.39. The Bertz CT molecular complexity index is 1130. The highest BCUT2D eigenvalue weighted by Gasteiger charge is 2.10. The standard InChI is InChI=1S/C23H25FN6O2S/c1-14-11-15(2)27-22(26-14)29-21(25-13-16-5-7-17(24)8-6-16)30-23(33)28-19-10-9-18(31-3)12-20(19)32-4/h5-12H,13H2,1-4H3,(H3,25,26,27,28,29,30,33). The van der Waals surface area contributed by atoms with Crippen LogP contribution in [0.2, 0.25) is 0 Å². The Labute approximate surface area is 197 Å². The summed E-state index contributed by atoms with van der Waals surface area (Å²) in [5.41, 5.74) is 3.10. The molecule has 3 N–H and O–H groups in total. The number of benzene rings is 2. The number of thiocarbonyl (C=S) groups is 1. The lowest BCUT2D eigenvalue weighted by Gasteiger charge is -2.16. The van der Waals surface area contributed by atoms with E-state index in [4.69, 9.17) is 21.7 Å². The normalized spacial score (nSPS) is 11.0. The van der Waals surface area contributed by atoms with Crippen LogP contribution in [-0.4, -0.2) is 35.3 Å². The van der Waals surface area contributed by atoms with Crippen LogP contribution in [0.4, 0.5) is 16.0 Å². The highest BCUT2D eigenvalue weighted by atomic mass is 32.1. The van der Waals surface area contributed by atoms with Gasteiger partial charge in [0.25, 0.3) is 0 Å². The van der Waals surface area contributed by atoms with Crippen LogP contribution in [-0.2, 0) is 6.54 Å². The van der Waals surface area contributed by atoms with Crippen molar-refractivity contribution in [3.05, 3.63) is 71.3 Å². The van der Waals surface area contributed by atoms with Crippen molar-refractivity contribution >= 4 is 34.9 Å². The number of methoxy groups -OCH3 is 2. The third kappa shape index (κ3) is 7.11. The van der Waals surface area contributed by atoms with Crippen LogP contribution >= 0.6 is 12.2 Å². The first-order valence-electron chi connectivity index (χ1n) is 10.0. The average Bonchev–Trinajstić information content (AvgIpc) is 2.78. The van der Waals surface area contributed by atoms with Crippen LogP contribution in [0.25, 0.3) is 0 Å². The van der Waals surface area contributed by atoms with Crippen LogP contribution in [0, 0.1) is 19.7 Å². The summed E-state index contributed by atoms with van der Waals surface area (Å²) < 4.78 is 23.8. The fraction of sp³-hybridized carbons (Fsp3) is 0.217.